The number of benzene rings is 2. The van der Waals surface area contributed by atoms with Gasteiger partial charge in [-0.05, 0) is 30.2 Å². The number of aromatic amines is 1. The van der Waals surface area contributed by atoms with Crippen LogP contribution in [0, 0.1) is 0 Å². The van der Waals surface area contributed by atoms with E-state index >= 15 is 0 Å². The minimum atomic E-state index is 0.830. The van der Waals surface area contributed by atoms with Crippen molar-refractivity contribution in [1.82, 2.24) is 4.98 Å². The molecule has 80 valence electrons. The van der Waals surface area contributed by atoms with Crippen molar-refractivity contribution in [3.05, 3.63) is 42.0 Å². The van der Waals surface area contributed by atoms with Gasteiger partial charge in [-0.2, -0.15) is 0 Å². The maximum Gasteiger partial charge on any atom is 0.0488 e. The predicted octanol–water partition coefficient (Wildman–Crippen LogP) is 3.47. The maximum absolute atomic E-state index is 5.90. The molecule has 0 saturated carbocycles. The van der Waals surface area contributed by atoms with E-state index in [9.17, 15) is 0 Å². The van der Waals surface area contributed by atoms with Crippen LogP contribution in [0.15, 0.2) is 36.4 Å². The summed E-state index contributed by atoms with van der Waals surface area (Å²) in [5.74, 6) is 0. The van der Waals surface area contributed by atoms with Crippen LogP contribution in [-0.2, 0) is 6.42 Å². The summed E-state index contributed by atoms with van der Waals surface area (Å²) in [6, 6.07) is 12.5. The molecule has 3 rings (SSSR count). The molecule has 0 unspecified atom stereocenters. The smallest absolute Gasteiger partial charge is 0.0488 e. The molecule has 2 aromatic carbocycles. The molecule has 0 saturated heterocycles. The van der Waals surface area contributed by atoms with Gasteiger partial charge in [0.15, 0.2) is 0 Å². The molecule has 0 atom stereocenters. The number of rotatable bonds is 1. The molecule has 0 aliphatic carbocycles. The number of aryl methyl sites for hydroxylation is 1. The highest BCUT2D eigenvalue weighted by atomic mass is 14.7. The monoisotopic (exact) mass is 210 g/mol. The van der Waals surface area contributed by atoms with Gasteiger partial charge in [-0.1, -0.05) is 25.1 Å². The lowest BCUT2D eigenvalue weighted by Crippen LogP contribution is -1.88. The fourth-order valence-electron chi connectivity index (χ4n) is 2.38. The van der Waals surface area contributed by atoms with Crippen molar-refractivity contribution >= 4 is 27.5 Å². The average Bonchev–Trinajstić information content (AvgIpc) is 2.65. The third kappa shape index (κ3) is 1.20. The third-order valence-corrected chi connectivity index (χ3v) is 3.09. The van der Waals surface area contributed by atoms with Gasteiger partial charge < -0.3 is 10.7 Å². The number of anilines is 1. The van der Waals surface area contributed by atoms with E-state index in [1.54, 1.807) is 0 Å². The Morgan fingerprint density at radius 2 is 1.94 bits per heavy atom. The second-order valence-electron chi connectivity index (χ2n) is 4.13. The van der Waals surface area contributed by atoms with Gasteiger partial charge in [-0.3, -0.25) is 0 Å². The number of nitrogen functional groups attached to an aromatic ring is 1. The lowest BCUT2D eigenvalue weighted by molar-refractivity contribution is 1.16. The quantitative estimate of drug-likeness (QED) is 0.593. The van der Waals surface area contributed by atoms with Gasteiger partial charge in [0.05, 0.1) is 0 Å². The Labute approximate surface area is 94.1 Å². The summed E-state index contributed by atoms with van der Waals surface area (Å²) in [5, 5.41) is 2.60. The van der Waals surface area contributed by atoms with Crippen LogP contribution in [0.25, 0.3) is 21.8 Å². The molecule has 0 aliphatic rings. The lowest BCUT2D eigenvalue weighted by Gasteiger charge is -2.02. The van der Waals surface area contributed by atoms with Gasteiger partial charge in [-0.15, -0.1) is 0 Å². The number of fused-ring (bicyclic) bond motifs is 3. The normalized spacial score (nSPS) is 11.3. The summed E-state index contributed by atoms with van der Waals surface area (Å²) < 4.78 is 0. The summed E-state index contributed by atoms with van der Waals surface area (Å²) in [5.41, 5.74) is 10.4. The van der Waals surface area contributed by atoms with E-state index < -0.39 is 0 Å². The first kappa shape index (κ1) is 9.28. The van der Waals surface area contributed by atoms with Crippen molar-refractivity contribution in [2.75, 3.05) is 5.73 Å². The standard InChI is InChI=1S/C14H14N2/c1-2-9-7-10(15)8-13-14(9)11-5-3-4-6-12(11)16-13/h3-8,16H,2,15H2,1H3. The van der Waals surface area contributed by atoms with Crippen LogP contribution in [0.5, 0.6) is 0 Å². The second kappa shape index (κ2) is 3.27. The van der Waals surface area contributed by atoms with Crippen LogP contribution in [-0.4, -0.2) is 4.98 Å². The average molecular weight is 210 g/mol. The van der Waals surface area contributed by atoms with E-state index in [1.807, 2.05) is 12.1 Å². The topological polar surface area (TPSA) is 41.8 Å². The highest BCUT2D eigenvalue weighted by Crippen LogP contribution is 2.30. The van der Waals surface area contributed by atoms with Crippen molar-refractivity contribution < 1.29 is 0 Å². The Kier molecular flexibility index (Phi) is 1.90. The van der Waals surface area contributed by atoms with E-state index in [2.05, 4.69) is 36.2 Å². The summed E-state index contributed by atoms with van der Waals surface area (Å²) in [6.07, 6.45) is 1.00. The van der Waals surface area contributed by atoms with Crippen molar-refractivity contribution in [1.29, 1.82) is 0 Å². The highest BCUT2D eigenvalue weighted by Gasteiger charge is 2.08. The fraction of sp³-hybridized carbons (Fsp3) is 0.143. The molecule has 0 aliphatic heterocycles. The number of hydrogen-bond acceptors (Lipinski definition) is 1. The van der Waals surface area contributed by atoms with Crippen molar-refractivity contribution in [2.45, 2.75) is 13.3 Å². The molecular weight excluding hydrogens is 196 g/mol. The maximum atomic E-state index is 5.90. The van der Waals surface area contributed by atoms with E-state index in [0.717, 1.165) is 17.6 Å². The van der Waals surface area contributed by atoms with Gasteiger partial charge in [0, 0.05) is 27.5 Å². The Morgan fingerprint density at radius 3 is 2.75 bits per heavy atom. The van der Waals surface area contributed by atoms with Gasteiger partial charge >= 0.3 is 0 Å². The molecule has 0 fully saturated rings. The van der Waals surface area contributed by atoms with Crippen molar-refractivity contribution in [3.63, 3.8) is 0 Å². The first-order valence-corrected chi connectivity index (χ1v) is 5.58. The van der Waals surface area contributed by atoms with Crippen LogP contribution in [0.1, 0.15) is 12.5 Å². The zero-order valence-corrected chi connectivity index (χ0v) is 9.25. The van der Waals surface area contributed by atoms with Gasteiger partial charge in [0.25, 0.3) is 0 Å². The van der Waals surface area contributed by atoms with E-state index in [-0.39, 0.29) is 0 Å². The molecule has 2 nitrogen and oxygen atoms in total. The van der Waals surface area contributed by atoms with E-state index in [0.29, 0.717) is 0 Å². The molecule has 0 bridgehead atoms. The lowest BCUT2D eigenvalue weighted by atomic mass is 10.0. The Morgan fingerprint density at radius 1 is 1.12 bits per heavy atom. The van der Waals surface area contributed by atoms with Crippen LogP contribution in [0.2, 0.25) is 0 Å². The molecule has 1 heterocycles. The molecule has 3 aromatic rings. The summed E-state index contributed by atoms with van der Waals surface area (Å²) in [4.78, 5) is 3.41. The largest absolute Gasteiger partial charge is 0.399 e. The number of nitrogens with one attached hydrogen (secondary N) is 1. The number of aromatic nitrogens is 1. The third-order valence-electron chi connectivity index (χ3n) is 3.09. The van der Waals surface area contributed by atoms with Gasteiger partial charge in [-0.25, -0.2) is 0 Å². The summed E-state index contributed by atoms with van der Waals surface area (Å²) in [7, 11) is 0. The molecule has 3 N–H and O–H groups in total. The first-order valence-electron chi connectivity index (χ1n) is 5.58. The number of para-hydroxylation sites is 1. The van der Waals surface area contributed by atoms with Crippen molar-refractivity contribution in [3.8, 4) is 0 Å². The van der Waals surface area contributed by atoms with E-state index in [4.69, 9.17) is 5.73 Å². The van der Waals surface area contributed by atoms with Crippen LogP contribution in [0.3, 0.4) is 0 Å². The van der Waals surface area contributed by atoms with Crippen LogP contribution in [0.4, 0.5) is 5.69 Å². The molecule has 2 heteroatoms. The molecule has 16 heavy (non-hydrogen) atoms. The van der Waals surface area contributed by atoms with Crippen LogP contribution >= 0.6 is 0 Å². The molecule has 0 amide bonds. The van der Waals surface area contributed by atoms with Crippen molar-refractivity contribution in [2.24, 2.45) is 0 Å². The van der Waals surface area contributed by atoms with Gasteiger partial charge in [0.1, 0.15) is 0 Å². The number of nitrogens with two attached hydrogens (primary N) is 1. The minimum Gasteiger partial charge on any atom is -0.399 e. The minimum absolute atomic E-state index is 0.830. The number of H-pyrrole nitrogens is 1. The molecule has 1 aromatic heterocycles. The summed E-state index contributed by atoms with van der Waals surface area (Å²) >= 11 is 0. The second-order valence-corrected chi connectivity index (χ2v) is 4.13. The predicted molar refractivity (Wildman–Crippen MR) is 69.6 cm³/mol. The van der Waals surface area contributed by atoms with Gasteiger partial charge in [0.2, 0.25) is 0 Å². The Bertz CT molecular complexity index is 665. The van der Waals surface area contributed by atoms with E-state index in [1.165, 1.54) is 21.9 Å². The molecule has 0 radical (unpaired) electrons. The molecular formula is C14H14N2. The SMILES string of the molecule is CCc1cc(N)cc2[nH]c3ccccc3c12. The zero-order chi connectivity index (χ0) is 11.1. The van der Waals surface area contributed by atoms with Crippen LogP contribution < -0.4 is 5.73 Å². The fourth-order valence-corrected chi connectivity index (χ4v) is 2.38. The Hall–Kier alpha value is -1.96. The molecule has 0 spiro atoms. The highest BCUT2D eigenvalue weighted by molar-refractivity contribution is 6.09. The Balaban J connectivity index is 2.55. The summed E-state index contributed by atoms with van der Waals surface area (Å²) in [6.45, 7) is 2.16. The zero-order valence-electron chi connectivity index (χ0n) is 9.25. The first-order chi connectivity index (χ1) is 7.79. The number of hydrogen-bond donors (Lipinski definition) is 2.